The van der Waals surface area contributed by atoms with Crippen LogP contribution in [0.15, 0.2) is 47.1 Å². The number of carbonyl (C=O) groups excluding carboxylic acids is 4. The quantitative estimate of drug-likeness (QED) is 0.0469. The molecule has 1 aromatic carbocycles. The Kier molecular flexibility index (Phi) is 35.2. The zero-order valence-electron chi connectivity index (χ0n) is 49.6. The van der Waals surface area contributed by atoms with E-state index in [0.717, 1.165) is 18.8 Å². The first-order chi connectivity index (χ1) is 39.8. The molecule has 24 heteroatoms. The van der Waals surface area contributed by atoms with Crippen molar-refractivity contribution in [2.45, 2.75) is 72.3 Å². The van der Waals surface area contributed by atoms with Crippen molar-refractivity contribution in [2.24, 2.45) is 16.6 Å². The highest BCUT2D eigenvalue weighted by Crippen LogP contribution is 2.29. The number of amidine groups is 1. The van der Waals surface area contributed by atoms with Gasteiger partial charge in [-0.25, -0.2) is 15.0 Å². The van der Waals surface area contributed by atoms with E-state index >= 15 is 0 Å². The lowest BCUT2D eigenvalue weighted by Crippen LogP contribution is -2.42. The number of nitrogens with one attached hydrogen (secondary N) is 2. The highest BCUT2D eigenvalue weighted by Gasteiger charge is 2.26. The molecular formula is C58H94N8O16. The minimum atomic E-state index is -0.487. The van der Waals surface area contributed by atoms with E-state index in [4.69, 9.17) is 62.7 Å². The zero-order valence-corrected chi connectivity index (χ0v) is 49.6. The number of hydrogen-bond donors (Lipinski definition) is 3. The molecule has 3 amide bonds. The number of nitrogens with zero attached hydrogens (tertiary/aromatic N) is 5. The topological polar surface area (TPSA) is 264 Å². The molecule has 3 heterocycles. The van der Waals surface area contributed by atoms with Gasteiger partial charge in [-0.3, -0.25) is 24.0 Å². The smallest absolute Gasteiger partial charge is 0.308 e. The fourth-order valence-electron chi connectivity index (χ4n) is 8.11. The maximum Gasteiger partial charge on any atom is 0.308 e. The van der Waals surface area contributed by atoms with Gasteiger partial charge in [0.15, 0.2) is 0 Å². The van der Waals surface area contributed by atoms with Gasteiger partial charge >= 0.3 is 5.97 Å². The molecule has 2 aliphatic heterocycles. The second-order valence-corrected chi connectivity index (χ2v) is 20.2. The van der Waals surface area contributed by atoms with Crippen LogP contribution in [0.1, 0.15) is 82.6 Å². The number of esters is 1. The maximum atomic E-state index is 13.3. The van der Waals surface area contributed by atoms with Gasteiger partial charge in [0.05, 0.1) is 163 Å². The number of anilines is 2. The minimum Gasteiger partial charge on any atom is -0.460 e. The van der Waals surface area contributed by atoms with Crippen LogP contribution in [0.4, 0.5) is 17.2 Å². The second-order valence-electron chi connectivity index (χ2n) is 20.2. The Balaban J connectivity index is 0.886. The van der Waals surface area contributed by atoms with Crippen LogP contribution in [-0.2, 0) is 71.3 Å². The van der Waals surface area contributed by atoms with Gasteiger partial charge in [0.25, 0.3) is 11.8 Å². The van der Waals surface area contributed by atoms with E-state index in [1.54, 1.807) is 30.5 Å². The average molecular weight is 1160 g/mol. The molecule has 4 N–H and O–H groups in total. The van der Waals surface area contributed by atoms with Crippen LogP contribution in [0.2, 0.25) is 0 Å². The first-order valence-corrected chi connectivity index (χ1v) is 28.9. The number of hydrogen-bond acceptors (Lipinski definition) is 21. The maximum absolute atomic E-state index is 13.3. The fourth-order valence-corrected chi connectivity index (χ4v) is 8.11. The van der Waals surface area contributed by atoms with Crippen molar-refractivity contribution in [1.29, 1.82) is 0 Å². The van der Waals surface area contributed by atoms with Crippen molar-refractivity contribution in [2.75, 3.05) is 195 Å². The molecule has 2 aliphatic rings. The predicted octanol–water partition coefficient (Wildman–Crippen LogP) is 4.46. The van der Waals surface area contributed by atoms with E-state index in [2.05, 4.69) is 30.4 Å². The molecule has 82 heavy (non-hydrogen) atoms. The lowest BCUT2D eigenvalue weighted by molar-refractivity contribution is -0.180. The molecule has 24 nitrogen and oxygen atoms in total. The van der Waals surface area contributed by atoms with Crippen LogP contribution in [0.3, 0.4) is 0 Å². The standard InChI is InChI=1S/C58H94N8O16/c1-7-17-66(81-8-2)57(70)49-42-47-9-10-48(43-51(47)63-52(59)44-49)56(69)62-50-11-12-53(61-45-50)65-18-13-46(14-19-65)55(68)60-16-20-64(6)21-23-72-25-27-74-29-31-76-33-35-78-37-39-80-41-40-79-38-36-77-34-32-75-30-28-73-26-24-71-22-15-54(67)82-58(3,4)5/h9-12,42-43,45-46H,7-8,13-41,44H2,1-6H3,(H2,59,63)(H,60,68)(H,62,69). The Bertz CT molecular complexity index is 2170. The Morgan fingerprint density at radius 2 is 1.21 bits per heavy atom. The summed E-state index contributed by atoms with van der Waals surface area (Å²) in [6.07, 6.45) is 5.93. The molecule has 0 spiro atoms. The van der Waals surface area contributed by atoms with Crippen molar-refractivity contribution in [3.63, 3.8) is 0 Å². The predicted molar refractivity (Wildman–Crippen MR) is 310 cm³/mol. The number of piperidine rings is 1. The van der Waals surface area contributed by atoms with Crippen molar-refractivity contribution in [3.8, 4) is 0 Å². The van der Waals surface area contributed by atoms with Gasteiger partial charge in [-0.15, -0.1) is 0 Å². The highest BCUT2D eigenvalue weighted by molar-refractivity contribution is 6.07. The van der Waals surface area contributed by atoms with Crippen molar-refractivity contribution >= 4 is 52.8 Å². The Morgan fingerprint density at radius 3 is 1.70 bits per heavy atom. The largest absolute Gasteiger partial charge is 0.460 e. The summed E-state index contributed by atoms with van der Waals surface area (Å²) in [4.78, 5) is 70.1. The molecule has 0 radical (unpaired) electrons. The van der Waals surface area contributed by atoms with E-state index in [1.807, 2.05) is 53.8 Å². The molecule has 0 bridgehead atoms. The Labute approximate surface area is 485 Å². The summed E-state index contributed by atoms with van der Waals surface area (Å²) in [6, 6.07) is 8.78. The summed E-state index contributed by atoms with van der Waals surface area (Å²) >= 11 is 0. The third-order valence-electron chi connectivity index (χ3n) is 12.3. The van der Waals surface area contributed by atoms with Gasteiger partial charge in [0.2, 0.25) is 5.91 Å². The average Bonchev–Trinajstić information content (AvgIpc) is 3.72. The van der Waals surface area contributed by atoms with E-state index in [0.29, 0.717) is 212 Å². The van der Waals surface area contributed by atoms with Crippen LogP contribution in [-0.4, -0.2) is 235 Å². The number of carbonyl (C=O) groups is 4. The first-order valence-electron chi connectivity index (χ1n) is 28.9. The molecule has 0 aliphatic carbocycles. The number of hydroxylamine groups is 2. The van der Waals surface area contributed by atoms with Crippen LogP contribution < -0.4 is 21.3 Å². The first kappa shape index (κ1) is 69.3. The molecular weight excluding hydrogens is 1060 g/mol. The second kappa shape index (κ2) is 41.7. The molecule has 462 valence electrons. The number of ether oxygens (including phenoxy) is 11. The van der Waals surface area contributed by atoms with Gasteiger partial charge < -0.3 is 78.3 Å². The number of likely N-dealkylation sites (N-methyl/N-ethyl adjacent to an activating group) is 1. The van der Waals surface area contributed by atoms with Crippen molar-refractivity contribution in [1.82, 2.24) is 20.3 Å². The molecule has 1 fully saturated rings. The van der Waals surface area contributed by atoms with Gasteiger partial charge in [-0.2, -0.15) is 0 Å². The summed E-state index contributed by atoms with van der Waals surface area (Å²) in [7, 11) is 2.00. The summed E-state index contributed by atoms with van der Waals surface area (Å²) in [5.74, 6) is 0.173. The monoisotopic (exact) mass is 1160 g/mol. The normalized spacial score (nSPS) is 13.8. The molecule has 4 rings (SSSR count). The fraction of sp³-hybridized carbons (Fsp3) is 0.690. The lowest BCUT2D eigenvalue weighted by atomic mass is 9.96. The van der Waals surface area contributed by atoms with E-state index < -0.39 is 5.60 Å². The SMILES string of the molecule is CCCN(OCC)C(=O)C1=Cc2ccc(C(=O)Nc3ccc(N4CCC(C(=O)NCCN(C)CCOCCOCCOCCOCCOCCOCCOCCOCCOCCOCCC(=O)OC(C)(C)C)CC4)nc3)cc2N=C(N)C1. The molecule has 1 saturated heterocycles. The Hall–Kier alpha value is -5.22. The molecule has 0 unspecified atom stereocenters. The van der Waals surface area contributed by atoms with Crippen molar-refractivity contribution in [3.05, 3.63) is 53.2 Å². The van der Waals surface area contributed by atoms with Gasteiger partial charge in [0.1, 0.15) is 17.3 Å². The molecule has 0 atom stereocenters. The lowest BCUT2D eigenvalue weighted by Gasteiger charge is -2.32. The van der Waals surface area contributed by atoms with E-state index in [-0.39, 0.29) is 48.3 Å². The number of aromatic nitrogens is 1. The van der Waals surface area contributed by atoms with Crippen LogP contribution in [0, 0.1) is 5.92 Å². The van der Waals surface area contributed by atoms with Crippen molar-refractivity contribution < 1.29 is 76.1 Å². The summed E-state index contributed by atoms with van der Waals surface area (Å²) in [6.45, 7) is 22.7. The summed E-state index contributed by atoms with van der Waals surface area (Å²) in [5, 5.41) is 7.37. The number of amides is 3. The van der Waals surface area contributed by atoms with Gasteiger partial charge in [0, 0.05) is 68.3 Å². The number of benzene rings is 1. The number of rotatable bonds is 45. The van der Waals surface area contributed by atoms with E-state index in [1.165, 1.54) is 5.06 Å². The number of nitrogens with two attached hydrogens (primary N) is 1. The van der Waals surface area contributed by atoms with E-state index in [9.17, 15) is 19.2 Å². The van der Waals surface area contributed by atoms with Crippen LogP contribution in [0.5, 0.6) is 0 Å². The molecule has 2 aromatic rings. The van der Waals surface area contributed by atoms with Gasteiger partial charge in [-0.05, 0) is 84.3 Å². The third-order valence-corrected chi connectivity index (χ3v) is 12.3. The number of pyridine rings is 1. The Morgan fingerprint density at radius 1 is 0.683 bits per heavy atom. The third kappa shape index (κ3) is 30.4. The number of fused-ring (bicyclic) bond motifs is 1. The minimum absolute atomic E-state index is 0.0667. The molecule has 0 saturated carbocycles. The zero-order chi connectivity index (χ0) is 59.1. The summed E-state index contributed by atoms with van der Waals surface area (Å²) in [5.41, 5.74) is 8.29. The van der Waals surface area contributed by atoms with Gasteiger partial charge in [-0.1, -0.05) is 13.0 Å². The molecule has 1 aromatic heterocycles. The summed E-state index contributed by atoms with van der Waals surface area (Å²) < 4.78 is 60.5. The number of aliphatic imine (C=N–C) groups is 1. The van der Waals surface area contributed by atoms with Crippen LogP contribution >= 0.6 is 0 Å². The highest BCUT2D eigenvalue weighted by atomic mass is 16.7. The van der Waals surface area contributed by atoms with Crippen LogP contribution in [0.25, 0.3) is 6.08 Å².